The molecule has 0 spiro atoms. The zero-order valence-corrected chi connectivity index (χ0v) is 17.2. The lowest BCUT2D eigenvalue weighted by molar-refractivity contribution is 0.102. The number of sulfonamides is 1. The van der Waals surface area contributed by atoms with Gasteiger partial charge in [0.25, 0.3) is 5.91 Å². The zero-order valence-electron chi connectivity index (χ0n) is 14.8. The Balaban J connectivity index is 1.89. The molecule has 0 saturated carbocycles. The highest BCUT2D eigenvalue weighted by atomic mass is 79.9. The molecule has 0 atom stereocenters. The SMILES string of the molecule is Cc1cc(NC(=O)c2cc(S(=O)(=O)N3CCCC3)ccc2C)ccc1Br. The number of nitrogens with zero attached hydrogens (tertiary/aromatic N) is 1. The summed E-state index contributed by atoms with van der Waals surface area (Å²) < 4.78 is 27.9. The summed E-state index contributed by atoms with van der Waals surface area (Å²) in [6.07, 6.45) is 1.75. The summed E-state index contributed by atoms with van der Waals surface area (Å²) in [4.78, 5) is 12.9. The van der Waals surface area contributed by atoms with E-state index >= 15 is 0 Å². The van der Waals surface area contributed by atoms with Gasteiger partial charge >= 0.3 is 0 Å². The van der Waals surface area contributed by atoms with Crippen molar-refractivity contribution < 1.29 is 13.2 Å². The van der Waals surface area contributed by atoms with Crippen LogP contribution in [0.2, 0.25) is 0 Å². The first-order chi connectivity index (χ1) is 12.3. The number of benzene rings is 2. The Bertz CT molecular complexity index is 951. The van der Waals surface area contributed by atoms with Gasteiger partial charge in [0, 0.05) is 28.8 Å². The van der Waals surface area contributed by atoms with Crippen molar-refractivity contribution in [1.82, 2.24) is 4.31 Å². The van der Waals surface area contributed by atoms with Crippen molar-refractivity contribution in [2.45, 2.75) is 31.6 Å². The second-order valence-corrected chi connectivity index (χ2v) is 9.30. The summed E-state index contributed by atoms with van der Waals surface area (Å²) in [7, 11) is -3.55. The maximum atomic E-state index is 12.8. The van der Waals surface area contributed by atoms with E-state index in [-0.39, 0.29) is 10.8 Å². The van der Waals surface area contributed by atoms with E-state index in [2.05, 4.69) is 21.2 Å². The Hall–Kier alpha value is -1.70. The highest BCUT2D eigenvalue weighted by Crippen LogP contribution is 2.24. The first-order valence-corrected chi connectivity index (χ1v) is 10.7. The smallest absolute Gasteiger partial charge is 0.255 e. The highest BCUT2D eigenvalue weighted by Gasteiger charge is 2.28. The van der Waals surface area contributed by atoms with Crippen molar-refractivity contribution in [2.75, 3.05) is 18.4 Å². The van der Waals surface area contributed by atoms with Crippen LogP contribution in [-0.4, -0.2) is 31.7 Å². The van der Waals surface area contributed by atoms with Crippen LogP contribution < -0.4 is 5.32 Å². The molecular formula is C19H21BrN2O3S. The summed E-state index contributed by atoms with van der Waals surface area (Å²) in [6.45, 7) is 4.81. The number of amides is 1. The van der Waals surface area contributed by atoms with E-state index in [0.29, 0.717) is 24.3 Å². The van der Waals surface area contributed by atoms with Crippen molar-refractivity contribution >= 4 is 37.5 Å². The number of rotatable bonds is 4. The van der Waals surface area contributed by atoms with E-state index in [1.807, 2.05) is 19.1 Å². The number of nitrogens with one attached hydrogen (secondary N) is 1. The van der Waals surface area contributed by atoms with Crippen LogP contribution in [0.15, 0.2) is 45.8 Å². The Kier molecular flexibility index (Phi) is 5.50. The maximum absolute atomic E-state index is 12.8. The lowest BCUT2D eigenvalue weighted by Crippen LogP contribution is -2.28. The monoisotopic (exact) mass is 436 g/mol. The third kappa shape index (κ3) is 3.84. The van der Waals surface area contributed by atoms with Gasteiger partial charge in [-0.25, -0.2) is 8.42 Å². The van der Waals surface area contributed by atoms with Gasteiger partial charge in [-0.05, 0) is 68.1 Å². The number of halogens is 1. The van der Waals surface area contributed by atoms with Crippen LogP contribution in [-0.2, 0) is 10.0 Å². The minimum absolute atomic E-state index is 0.169. The maximum Gasteiger partial charge on any atom is 0.255 e. The fraction of sp³-hybridized carbons (Fsp3) is 0.316. The van der Waals surface area contributed by atoms with Crippen LogP contribution in [0, 0.1) is 13.8 Å². The number of carbonyl (C=O) groups excluding carboxylic acids is 1. The molecule has 0 unspecified atom stereocenters. The lowest BCUT2D eigenvalue weighted by atomic mass is 10.1. The number of anilines is 1. The topological polar surface area (TPSA) is 66.5 Å². The van der Waals surface area contributed by atoms with E-state index in [1.165, 1.54) is 10.4 Å². The van der Waals surface area contributed by atoms with E-state index in [0.717, 1.165) is 28.4 Å². The van der Waals surface area contributed by atoms with Crippen LogP contribution >= 0.6 is 15.9 Å². The summed E-state index contributed by atoms with van der Waals surface area (Å²) in [5, 5.41) is 2.85. The standard InChI is InChI=1S/C19H21BrN2O3S/c1-13-5-7-16(26(24,25)22-9-3-4-10-22)12-17(13)19(23)21-15-6-8-18(20)14(2)11-15/h5-8,11-12H,3-4,9-10H2,1-2H3,(H,21,23). The first-order valence-electron chi connectivity index (χ1n) is 8.47. The Labute approximate surface area is 162 Å². The van der Waals surface area contributed by atoms with Gasteiger partial charge in [-0.3, -0.25) is 4.79 Å². The molecule has 0 aliphatic carbocycles. The molecule has 0 bridgehead atoms. The quantitative estimate of drug-likeness (QED) is 0.783. The van der Waals surface area contributed by atoms with E-state index in [1.54, 1.807) is 25.1 Å². The molecule has 0 aromatic heterocycles. The minimum Gasteiger partial charge on any atom is -0.322 e. The van der Waals surface area contributed by atoms with Crippen molar-refractivity contribution in [2.24, 2.45) is 0 Å². The molecule has 0 radical (unpaired) electrons. The molecule has 5 nitrogen and oxygen atoms in total. The summed E-state index contributed by atoms with van der Waals surface area (Å²) in [6, 6.07) is 10.3. The normalized spacial score (nSPS) is 15.2. The van der Waals surface area contributed by atoms with Gasteiger partial charge in [0.2, 0.25) is 10.0 Å². The van der Waals surface area contributed by atoms with Crippen LogP contribution in [0.1, 0.15) is 34.3 Å². The van der Waals surface area contributed by atoms with Crippen LogP contribution in [0.25, 0.3) is 0 Å². The predicted octanol–water partition coefficient (Wildman–Crippen LogP) is 4.10. The third-order valence-corrected chi connectivity index (χ3v) is 7.36. The molecule has 1 saturated heterocycles. The molecule has 26 heavy (non-hydrogen) atoms. The molecule has 3 rings (SSSR count). The van der Waals surface area contributed by atoms with Gasteiger partial charge in [0.05, 0.1) is 4.90 Å². The average molecular weight is 437 g/mol. The molecule has 2 aromatic rings. The Morgan fingerprint density at radius 2 is 1.73 bits per heavy atom. The second kappa shape index (κ2) is 7.50. The van der Waals surface area contributed by atoms with Gasteiger partial charge in [-0.15, -0.1) is 0 Å². The average Bonchev–Trinajstić information content (AvgIpc) is 3.13. The molecule has 7 heteroatoms. The molecule has 1 N–H and O–H groups in total. The highest BCUT2D eigenvalue weighted by molar-refractivity contribution is 9.10. The predicted molar refractivity (Wildman–Crippen MR) is 106 cm³/mol. The molecule has 138 valence electrons. The van der Waals surface area contributed by atoms with Gasteiger partial charge in [0.15, 0.2) is 0 Å². The van der Waals surface area contributed by atoms with Crippen LogP contribution in [0.4, 0.5) is 5.69 Å². The lowest BCUT2D eigenvalue weighted by Gasteiger charge is -2.17. The van der Waals surface area contributed by atoms with Crippen molar-refractivity contribution in [1.29, 1.82) is 0 Å². The summed E-state index contributed by atoms with van der Waals surface area (Å²) in [5.74, 6) is -0.317. The zero-order chi connectivity index (χ0) is 18.9. The molecule has 1 fully saturated rings. The summed E-state index contributed by atoms with van der Waals surface area (Å²) in [5.41, 5.74) is 2.77. The molecular weight excluding hydrogens is 416 g/mol. The molecule has 1 aliphatic rings. The van der Waals surface area contributed by atoms with Crippen molar-refractivity contribution in [3.8, 4) is 0 Å². The number of aryl methyl sites for hydroxylation is 2. The largest absolute Gasteiger partial charge is 0.322 e. The number of hydrogen-bond acceptors (Lipinski definition) is 3. The molecule has 1 amide bonds. The van der Waals surface area contributed by atoms with Crippen molar-refractivity contribution in [3.05, 3.63) is 57.6 Å². The Morgan fingerprint density at radius 3 is 2.38 bits per heavy atom. The van der Waals surface area contributed by atoms with E-state index in [9.17, 15) is 13.2 Å². The molecule has 1 heterocycles. The fourth-order valence-corrected chi connectivity index (χ4v) is 4.80. The minimum atomic E-state index is -3.55. The second-order valence-electron chi connectivity index (χ2n) is 6.51. The number of hydrogen-bond donors (Lipinski definition) is 1. The van der Waals surface area contributed by atoms with Crippen LogP contribution in [0.5, 0.6) is 0 Å². The van der Waals surface area contributed by atoms with Gasteiger partial charge in [-0.2, -0.15) is 4.31 Å². The van der Waals surface area contributed by atoms with E-state index < -0.39 is 10.0 Å². The third-order valence-electron chi connectivity index (χ3n) is 4.57. The number of carbonyl (C=O) groups is 1. The fourth-order valence-electron chi connectivity index (χ4n) is 3.00. The Morgan fingerprint density at radius 1 is 1.04 bits per heavy atom. The molecule has 2 aromatic carbocycles. The van der Waals surface area contributed by atoms with E-state index in [4.69, 9.17) is 0 Å². The van der Waals surface area contributed by atoms with Crippen LogP contribution in [0.3, 0.4) is 0 Å². The van der Waals surface area contributed by atoms with Gasteiger partial charge in [0.1, 0.15) is 0 Å². The first kappa shape index (κ1) is 19.1. The van der Waals surface area contributed by atoms with Gasteiger partial charge in [-0.1, -0.05) is 22.0 Å². The van der Waals surface area contributed by atoms with Gasteiger partial charge < -0.3 is 5.32 Å². The molecule has 1 aliphatic heterocycles. The summed E-state index contributed by atoms with van der Waals surface area (Å²) >= 11 is 3.43. The van der Waals surface area contributed by atoms with Crippen molar-refractivity contribution in [3.63, 3.8) is 0 Å².